The first-order valence-electron chi connectivity index (χ1n) is 8.13. The molecule has 0 saturated carbocycles. The number of nitriles is 1. The molecule has 1 spiro atoms. The van der Waals surface area contributed by atoms with E-state index in [9.17, 15) is 13.2 Å². The Kier molecular flexibility index (Phi) is 4.37. The smallest absolute Gasteiger partial charge is 0.253 e. The molecule has 0 aromatic heterocycles. The molecule has 1 unspecified atom stereocenters. The third-order valence-corrected chi connectivity index (χ3v) is 6.41. The summed E-state index contributed by atoms with van der Waals surface area (Å²) in [6.07, 6.45) is 4.50. The standard InChI is InChI=1S/C17H21N3O3S/c1-24(22,23)20-11-3-9-17(20)8-2-10-19(13-17)16(21)15-6-4-14(12-18)5-7-15/h4-7H,2-3,8-11,13H2,1H3. The molecule has 6 nitrogen and oxygen atoms in total. The quantitative estimate of drug-likeness (QED) is 0.813. The molecule has 0 N–H and O–H groups in total. The molecule has 3 rings (SSSR count). The molecule has 1 aromatic carbocycles. The maximum absolute atomic E-state index is 12.8. The van der Waals surface area contributed by atoms with E-state index in [0.29, 0.717) is 30.8 Å². The molecule has 128 valence electrons. The first-order chi connectivity index (χ1) is 11.4. The summed E-state index contributed by atoms with van der Waals surface area (Å²) in [7, 11) is -3.27. The van der Waals surface area contributed by atoms with Crippen molar-refractivity contribution in [2.24, 2.45) is 0 Å². The number of hydrogen-bond acceptors (Lipinski definition) is 4. The predicted molar refractivity (Wildman–Crippen MR) is 89.8 cm³/mol. The van der Waals surface area contributed by atoms with Gasteiger partial charge < -0.3 is 4.90 Å². The summed E-state index contributed by atoms with van der Waals surface area (Å²) in [4.78, 5) is 14.5. The molecule has 2 heterocycles. The van der Waals surface area contributed by atoms with E-state index in [1.54, 1.807) is 33.5 Å². The fourth-order valence-electron chi connectivity index (χ4n) is 3.99. The highest BCUT2D eigenvalue weighted by Gasteiger charge is 2.48. The first kappa shape index (κ1) is 16.9. The van der Waals surface area contributed by atoms with Crippen LogP contribution in [-0.2, 0) is 10.0 Å². The molecule has 1 amide bonds. The fourth-order valence-corrected chi connectivity index (χ4v) is 5.40. The zero-order valence-electron chi connectivity index (χ0n) is 13.7. The summed E-state index contributed by atoms with van der Waals surface area (Å²) in [5, 5.41) is 8.85. The van der Waals surface area contributed by atoms with Crippen molar-refractivity contribution in [1.29, 1.82) is 5.26 Å². The van der Waals surface area contributed by atoms with Gasteiger partial charge in [0.1, 0.15) is 0 Å². The van der Waals surface area contributed by atoms with Crippen molar-refractivity contribution in [2.45, 2.75) is 31.2 Å². The lowest BCUT2D eigenvalue weighted by atomic mass is 9.87. The van der Waals surface area contributed by atoms with Crippen LogP contribution in [0.4, 0.5) is 0 Å². The molecule has 0 radical (unpaired) electrons. The van der Waals surface area contributed by atoms with Gasteiger partial charge >= 0.3 is 0 Å². The molecule has 0 aliphatic carbocycles. The lowest BCUT2D eigenvalue weighted by Gasteiger charge is -2.44. The number of amides is 1. The number of nitrogens with zero attached hydrogens (tertiary/aromatic N) is 3. The molecular formula is C17H21N3O3S. The molecule has 2 fully saturated rings. The van der Waals surface area contributed by atoms with E-state index in [1.807, 2.05) is 6.07 Å². The van der Waals surface area contributed by atoms with Gasteiger partial charge in [-0.05, 0) is 49.9 Å². The molecule has 1 aromatic rings. The number of benzene rings is 1. The average Bonchev–Trinajstić information content (AvgIpc) is 2.97. The number of likely N-dealkylation sites (tertiary alicyclic amines) is 1. The van der Waals surface area contributed by atoms with Gasteiger partial charge in [-0.3, -0.25) is 4.79 Å². The number of piperidine rings is 1. The minimum absolute atomic E-state index is 0.0982. The van der Waals surface area contributed by atoms with E-state index in [1.165, 1.54) is 6.26 Å². The highest BCUT2D eigenvalue weighted by Crippen LogP contribution is 2.39. The van der Waals surface area contributed by atoms with Crippen LogP contribution in [-0.4, -0.2) is 55.0 Å². The summed E-state index contributed by atoms with van der Waals surface area (Å²) in [5.41, 5.74) is 0.601. The van der Waals surface area contributed by atoms with Crippen LogP contribution in [0.15, 0.2) is 24.3 Å². The van der Waals surface area contributed by atoms with Crippen LogP contribution in [0.1, 0.15) is 41.6 Å². The minimum Gasteiger partial charge on any atom is -0.337 e. The van der Waals surface area contributed by atoms with E-state index >= 15 is 0 Å². The van der Waals surface area contributed by atoms with Gasteiger partial charge in [0.05, 0.1) is 23.4 Å². The summed E-state index contributed by atoms with van der Waals surface area (Å²) < 4.78 is 25.8. The maximum atomic E-state index is 12.8. The number of hydrogen-bond donors (Lipinski definition) is 0. The van der Waals surface area contributed by atoms with Crippen molar-refractivity contribution in [1.82, 2.24) is 9.21 Å². The van der Waals surface area contributed by atoms with Crippen molar-refractivity contribution in [3.05, 3.63) is 35.4 Å². The van der Waals surface area contributed by atoms with Gasteiger partial charge in [-0.25, -0.2) is 8.42 Å². The Hall–Kier alpha value is -1.91. The van der Waals surface area contributed by atoms with Crippen LogP contribution in [0.2, 0.25) is 0 Å². The molecule has 2 saturated heterocycles. The van der Waals surface area contributed by atoms with Crippen LogP contribution in [0.5, 0.6) is 0 Å². The number of carbonyl (C=O) groups is 1. The highest BCUT2D eigenvalue weighted by molar-refractivity contribution is 7.88. The largest absolute Gasteiger partial charge is 0.337 e. The summed E-state index contributed by atoms with van der Waals surface area (Å²) in [5.74, 6) is -0.0982. The van der Waals surface area contributed by atoms with E-state index < -0.39 is 15.6 Å². The van der Waals surface area contributed by atoms with Crippen LogP contribution < -0.4 is 0 Å². The van der Waals surface area contributed by atoms with Crippen molar-refractivity contribution >= 4 is 15.9 Å². The summed E-state index contributed by atoms with van der Waals surface area (Å²) in [6, 6.07) is 8.61. The van der Waals surface area contributed by atoms with E-state index in [2.05, 4.69) is 0 Å². The fraction of sp³-hybridized carbons (Fsp3) is 0.529. The Morgan fingerprint density at radius 3 is 2.38 bits per heavy atom. The Morgan fingerprint density at radius 1 is 1.17 bits per heavy atom. The SMILES string of the molecule is CS(=O)(=O)N1CCCC12CCCN(C(=O)c1ccc(C#N)cc1)C2. The molecule has 1 atom stereocenters. The zero-order chi connectivity index (χ0) is 17.4. The molecule has 7 heteroatoms. The number of rotatable bonds is 2. The molecule has 2 aliphatic rings. The Bertz CT molecular complexity index is 782. The van der Waals surface area contributed by atoms with Gasteiger partial charge in [0.25, 0.3) is 5.91 Å². The van der Waals surface area contributed by atoms with E-state index in [-0.39, 0.29) is 5.91 Å². The van der Waals surface area contributed by atoms with Crippen LogP contribution in [0.25, 0.3) is 0 Å². The minimum atomic E-state index is -3.27. The highest BCUT2D eigenvalue weighted by atomic mass is 32.2. The van der Waals surface area contributed by atoms with Gasteiger partial charge in [-0.15, -0.1) is 0 Å². The second-order valence-corrected chi connectivity index (χ2v) is 8.59. The van der Waals surface area contributed by atoms with Crippen LogP contribution >= 0.6 is 0 Å². The van der Waals surface area contributed by atoms with Crippen LogP contribution in [0, 0.1) is 11.3 Å². The van der Waals surface area contributed by atoms with Crippen molar-refractivity contribution < 1.29 is 13.2 Å². The number of sulfonamides is 1. The third-order valence-electron chi connectivity index (χ3n) is 5.04. The van der Waals surface area contributed by atoms with Gasteiger partial charge in [0.15, 0.2) is 0 Å². The lowest BCUT2D eigenvalue weighted by molar-refractivity contribution is 0.0524. The molecular weight excluding hydrogens is 326 g/mol. The van der Waals surface area contributed by atoms with Gasteiger partial charge in [0.2, 0.25) is 10.0 Å². The second kappa shape index (κ2) is 6.19. The Balaban J connectivity index is 1.82. The van der Waals surface area contributed by atoms with E-state index in [0.717, 1.165) is 25.7 Å². The first-order valence-corrected chi connectivity index (χ1v) is 9.98. The van der Waals surface area contributed by atoms with Gasteiger partial charge in [0, 0.05) is 25.2 Å². The van der Waals surface area contributed by atoms with Crippen molar-refractivity contribution in [2.75, 3.05) is 25.9 Å². The number of carbonyl (C=O) groups excluding carboxylic acids is 1. The maximum Gasteiger partial charge on any atom is 0.253 e. The molecule has 0 bridgehead atoms. The predicted octanol–water partition coefficient (Wildman–Crippen LogP) is 1.59. The van der Waals surface area contributed by atoms with E-state index in [4.69, 9.17) is 5.26 Å². The monoisotopic (exact) mass is 347 g/mol. The van der Waals surface area contributed by atoms with Gasteiger partial charge in [-0.2, -0.15) is 9.57 Å². The second-order valence-electron chi connectivity index (χ2n) is 6.68. The van der Waals surface area contributed by atoms with Crippen molar-refractivity contribution in [3.63, 3.8) is 0 Å². The lowest BCUT2D eigenvalue weighted by Crippen LogP contribution is -2.58. The summed E-state index contributed by atoms with van der Waals surface area (Å²) >= 11 is 0. The average molecular weight is 347 g/mol. The zero-order valence-corrected chi connectivity index (χ0v) is 14.6. The topological polar surface area (TPSA) is 81.5 Å². The molecule has 24 heavy (non-hydrogen) atoms. The van der Waals surface area contributed by atoms with Crippen molar-refractivity contribution in [3.8, 4) is 6.07 Å². The Morgan fingerprint density at radius 2 is 1.79 bits per heavy atom. The third kappa shape index (κ3) is 3.04. The van der Waals surface area contributed by atoms with Gasteiger partial charge in [-0.1, -0.05) is 0 Å². The van der Waals surface area contributed by atoms with Crippen LogP contribution in [0.3, 0.4) is 0 Å². The normalized spacial score (nSPS) is 24.9. The molecule has 2 aliphatic heterocycles. The summed E-state index contributed by atoms with van der Waals surface area (Å²) in [6.45, 7) is 1.62. The Labute approximate surface area is 142 Å².